The first-order valence-electron chi connectivity index (χ1n) is 7.79. The van der Waals surface area contributed by atoms with E-state index in [-0.39, 0.29) is 17.4 Å². The van der Waals surface area contributed by atoms with Gasteiger partial charge in [-0.25, -0.2) is 0 Å². The highest BCUT2D eigenvalue weighted by atomic mass is 16.2. The molecule has 6 nitrogen and oxygen atoms in total. The smallest absolute Gasteiger partial charge is 0.274 e. The van der Waals surface area contributed by atoms with Crippen LogP contribution >= 0.6 is 0 Å². The molecule has 1 aliphatic rings. The summed E-state index contributed by atoms with van der Waals surface area (Å²) < 4.78 is 1.95. The van der Waals surface area contributed by atoms with Crippen LogP contribution in [0.5, 0.6) is 0 Å². The van der Waals surface area contributed by atoms with E-state index in [1.165, 1.54) is 0 Å². The third-order valence-electron chi connectivity index (χ3n) is 4.19. The maximum atomic E-state index is 12.7. The van der Waals surface area contributed by atoms with Crippen LogP contribution in [0.25, 0.3) is 0 Å². The highest BCUT2D eigenvalue weighted by Crippen LogP contribution is 2.24. The van der Waals surface area contributed by atoms with Crippen molar-refractivity contribution in [3.8, 4) is 0 Å². The molecule has 1 amide bonds. The van der Waals surface area contributed by atoms with Crippen LogP contribution in [0.1, 0.15) is 55.8 Å². The molecule has 6 heteroatoms. The number of carbonyl (C=O) groups excluding carboxylic acids is 1. The lowest BCUT2D eigenvalue weighted by molar-refractivity contribution is 0.0667. The number of nitrogens with zero attached hydrogens (tertiary/aromatic N) is 4. The van der Waals surface area contributed by atoms with E-state index in [1.54, 1.807) is 6.20 Å². The summed E-state index contributed by atoms with van der Waals surface area (Å²) in [4.78, 5) is 14.6. The summed E-state index contributed by atoms with van der Waals surface area (Å²) in [6.07, 6.45) is 5.79. The SMILES string of the molecule is CC(C)(C)c1cc(C(=O)N2CCC[C@H](n3cccn3)C2)n[nH]1. The normalized spacial score (nSPS) is 19.4. The van der Waals surface area contributed by atoms with Gasteiger partial charge >= 0.3 is 0 Å². The second-order valence-electron chi connectivity index (χ2n) is 6.95. The van der Waals surface area contributed by atoms with Crippen LogP contribution in [-0.2, 0) is 5.41 Å². The number of hydrogen-bond acceptors (Lipinski definition) is 3. The van der Waals surface area contributed by atoms with E-state index in [4.69, 9.17) is 0 Å². The molecule has 2 aromatic rings. The van der Waals surface area contributed by atoms with Crippen LogP contribution in [-0.4, -0.2) is 43.9 Å². The minimum atomic E-state index is -0.0367. The van der Waals surface area contributed by atoms with Crippen LogP contribution in [0.4, 0.5) is 0 Å². The Balaban J connectivity index is 1.73. The molecular weight excluding hydrogens is 278 g/mol. The van der Waals surface area contributed by atoms with Crippen LogP contribution in [0.3, 0.4) is 0 Å². The molecule has 0 aliphatic carbocycles. The monoisotopic (exact) mass is 301 g/mol. The van der Waals surface area contributed by atoms with Crippen LogP contribution in [0.2, 0.25) is 0 Å². The van der Waals surface area contributed by atoms with E-state index >= 15 is 0 Å². The number of aromatic nitrogens is 4. The van der Waals surface area contributed by atoms with Gasteiger partial charge in [-0.2, -0.15) is 10.2 Å². The standard InChI is InChI=1S/C16H23N5O/c1-16(2,3)14-10-13(18-19-14)15(22)20-8-4-6-12(11-20)21-9-5-7-17-21/h5,7,9-10,12H,4,6,8,11H2,1-3H3,(H,18,19)/t12-/m0/s1. The zero-order valence-electron chi connectivity index (χ0n) is 13.4. The maximum Gasteiger partial charge on any atom is 0.274 e. The van der Waals surface area contributed by atoms with Crippen molar-refractivity contribution < 1.29 is 4.79 Å². The van der Waals surface area contributed by atoms with E-state index in [2.05, 4.69) is 36.1 Å². The third kappa shape index (κ3) is 2.91. The second-order valence-corrected chi connectivity index (χ2v) is 6.95. The summed E-state index contributed by atoms with van der Waals surface area (Å²) >= 11 is 0. The molecule has 3 rings (SSSR count). The molecule has 118 valence electrons. The Morgan fingerprint density at radius 2 is 2.23 bits per heavy atom. The molecule has 0 bridgehead atoms. The van der Waals surface area contributed by atoms with Gasteiger partial charge in [0.2, 0.25) is 0 Å². The molecule has 1 aliphatic heterocycles. The van der Waals surface area contributed by atoms with Gasteiger partial charge in [0, 0.05) is 36.6 Å². The lowest BCUT2D eigenvalue weighted by Gasteiger charge is -2.32. The quantitative estimate of drug-likeness (QED) is 0.926. The predicted octanol–water partition coefficient (Wildman–Crippen LogP) is 2.38. The van der Waals surface area contributed by atoms with E-state index in [0.717, 1.165) is 25.1 Å². The molecule has 0 saturated carbocycles. The average Bonchev–Trinajstić information content (AvgIpc) is 3.17. The number of rotatable bonds is 2. The van der Waals surface area contributed by atoms with Gasteiger partial charge in [-0.1, -0.05) is 20.8 Å². The van der Waals surface area contributed by atoms with Crippen molar-refractivity contribution in [2.24, 2.45) is 0 Å². The molecule has 3 heterocycles. The number of likely N-dealkylation sites (tertiary alicyclic amines) is 1. The highest BCUT2D eigenvalue weighted by Gasteiger charge is 2.28. The van der Waals surface area contributed by atoms with Crippen LogP contribution in [0, 0.1) is 0 Å². The molecule has 1 saturated heterocycles. The van der Waals surface area contributed by atoms with Crippen LogP contribution in [0.15, 0.2) is 24.5 Å². The zero-order chi connectivity index (χ0) is 15.7. The Morgan fingerprint density at radius 1 is 1.41 bits per heavy atom. The van der Waals surface area contributed by atoms with Crippen molar-refractivity contribution in [1.82, 2.24) is 24.9 Å². The second kappa shape index (κ2) is 5.59. The average molecular weight is 301 g/mol. The summed E-state index contributed by atoms with van der Waals surface area (Å²) in [7, 11) is 0. The number of nitrogens with one attached hydrogen (secondary N) is 1. The highest BCUT2D eigenvalue weighted by molar-refractivity contribution is 5.92. The Labute approximate surface area is 130 Å². The Morgan fingerprint density at radius 3 is 2.86 bits per heavy atom. The summed E-state index contributed by atoms with van der Waals surface area (Å²) in [5, 5.41) is 11.5. The van der Waals surface area contributed by atoms with Gasteiger partial charge in [-0.15, -0.1) is 0 Å². The number of hydrogen-bond donors (Lipinski definition) is 1. The van der Waals surface area contributed by atoms with Crippen molar-refractivity contribution in [2.45, 2.75) is 45.1 Å². The molecule has 0 radical (unpaired) electrons. The van der Waals surface area contributed by atoms with Gasteiger partial charge in [-0.3, -0.25) is 14.6 Å². The van der Waals surface area contributed by atoms with E-state index in [0.29, 0.717) is 12.2 Å². The van der Waals surface area contributed by atoms with Crippen molar-refractivity contribution >= 4 is 5.91 Å². The summed E-state index contributed by atoms with van der Waals surface area (Å²) in [5.41, 5.74) is 1.45. The van der Waals surface area contributed by atoms with Gasteiger partial charge in [-0.05, 0) is 25.0 Å². The fourth-order valence-electron chi connectivity index (χ4n) is 2.83. The van der Waals surface area contributed by atoms with Gasteiger partial charge < -0.3 is 4.90 Å². The van der Waals surface area contributed by atoms with Gasteiger partial charge in [0.05, 0.1) is 6.04 Å². The fraction of sp³-hybridized carbons (Fsp3) is 0.562. The minimum Gasteiger partial charge on any atom is -0.335 e. The lowest BCUT2D eigenvalue weighted by atomic mass is 9.92. The molecule has 1 N–H and O–H groups in total. The number of carbonyl (C=O) groups is 1. The maximum absolute atomic E-state index is 12.7. The Bertz CT molecular complexity index is 638. The number of piperidine rings is 1. The fourth-order valence-corrected chi connectivity index (χ4v) is 2.83. The van der Waals surface area contributed by atoms with Crippen molar-refractivity contribution in [3.63, 3.8) is 0 Å². The summed E-state index contributed by atoms with van der Waals surface area (Å²) in [6, 6.07) is 4.05. The summed E-state index contributed by atoms with van der Waals surface area (Å²) in [6.45, 7) is 7.78. The van der Waals surface area contributed by atoms with E-state index < -0.39 is 0 Å². The number of H-pyrrole nitrogens is 1. The molecule has 0 spiro atoms. The van der Waals surface area contributed by atoms with E-state index in [9.17, 15) is 4.79 Å². The molecule has 22 heavy (non-hydrogen) atoms. The topological polar surface area (TPSA) is 66.8 Å². The van der Waals surface area contributed by atoms with Crippen molar-refractivity contribution in [3.05, 3.63) is 35.9 Å². The minimum absolute atomic E-state index is 0.00334. The number of aromatic amines is 1. The molecule has 0 aromatic carbocycles. The first kappa shape index (κ1) is 14.8. The van der Waals surface area contributed by atoms with Gasteiger partial charge in [0.25, 0.3) is 5.91 Å². The van der Waals surface area contributed by atoms with E-state index in [1.807, 2.05) is 27.9 Å². The van der Waals surface area contributed by atoms with Crippen molar-refractivity contribution in [1.29, 1.82) is 0 Å². The Hall–Kier alpha value is -2.11. The van der Waals surface area contributed by atoms with Gasteiger partial charge in [0.1, 0.15) is 5.69 Å². The largest absolute Gasteiger partial charge is 0.335 e. The molecular formula is C16H23N5O. The first-order valence-corrected chi connectivity index (χ1v) is 7.79. The van der Waals surface area contributed by atoms with Gasteiger partial charge in [0.15, 0.2) is 0 Å². The predicted molar refractivity (Wildman–Crippen MR) is 83.7 cm³/mol. The first-order chi connectivity index (χ1) is 10.4. The zero-order valence-corrected chi connectivity index (χ0v) is 13.4. The van der Waals surface area contributed by atoms with Crippen LogP contribution < -0.4 is 0 Å². The summed E-state index contributed by atoms with van der Waals surface area (Å²) in [5.74, 6) is 0.00334. The molecule has 0 unspecified atom stereocenters. The molecule has 2 aromatic heterocycles. The Kier molecular flexibility index (Phi) is 3.76. The lowest BCUT2D eigenvalue weighted by Crippen LogP contribution is -2.41. The number of amides is 1. The van der Waals surface area contributed by atoms with Crippen molar-refractivity contribution in [2.75, 3.05) is 13.1 Å². The molecule has 1 atom stereocenters. The molecule has 1 fully saturated rings. The third-order valence-corrected chi connectivity index (χ3v) is 4.19.